The van der Waals surface area contributed by atoms with E-state index in [0.717, 1.165) is 25.3 Å². The number of rotatable bonds is 4. The van der Waals surface area contributed by atoms with E-state index in [9.17, 15) is 8.42 Å². The van der Waals surface area contributed by atoms with Gasteiger partial charge in [0.15, 0.2) is 9.84 Å². The smallest absolute Gasteiger partial charge is 0.175 e. The maximum Gasteiger partial charge on any atom is 0.175 e. The van der Waals surface area contributed by atoms with Crippen LogP contribution in [0.4, 0.5) is 0 Å². The van der Waals surface area contributed by atoms with Gasteiger partial charge in [-0.15, -0.1) is 0 Å². The predicted octanol–water partition coefficient (Wildman–Crippen LogP) is 3.23. The molecule has 4 nitrogen and oxygen atoms in total. The van der Waals surface area contributed by atoms with Crippen molar-refractivity contribution in [2.24, 2.45) is 0 Å². The average molecular weight is 357 g/mol. The van der Waals surface area contributed by atoms with Crippen molar-refractivity contribution in [1.29, 1.82) is 0 Å². The summed E-state index contributed by atoms with van der Waals surface area (Å²) in [6.45, 7) is 2.26. The summed E-state index contributed by atoms with van der Waals surface area (Å²) in [7, 11) is -3.18. The molecule has 2 aromatic rings. The van der Waals surface area contributed by atoms with Crippen LogP contribution in [0.1, 0.15) is 30.1 Å². The molecule has 132 valence electrons. The van der Waals surface area contributed by atoms with Crippen molar-refractivity contribution in [2.45, 2.75) is 36.3 Å². The fraction of sp³-hybridized carbons (Fsp3) is 0.400. The van der Waals surface area contributed by atoms with Crippen molar-refractivity contribution in [3.63, 3.8) is 0 Å². The topological polar surface area (TPSA) is 46.6 Å². The molecule has 2 aliphatic rings. The van der Waals surface area contributed by atoms with Gasteiger partial charge in [0.1, 0.15) is 11.9 Å². The van der Waals surface area contributed by atoms with Crippen molar-refractivity contribution in [3.8, 4) is 5.75 Å². The first-order valence-electron chi connectivity index (χ1n) is 8.81. The molecule has 2 atom stereocenters. The SMILES string of the molecule is CS(=O)(=O)c1ccc(OC2c3ccccc3CC2N2CCCC2)cc1. The molecule has 1 fully saturated rings. The van der Waals surface area contributed by atoms with Crippen LogP contribution in [0.25, 0.3) is 0 Å². The predicted molar refractivity (Wildman–Crippen MR) is 97.7 cm³/mol. The second-order valence-corrected chi connectivity index (χ2v) is 9.01. The van der Waals surface area contributed by atoms with Crippen LogP contribution in [0, 0.1) is 0 Å². The molecular weight excluding hydrogens is 334 g/mol. The quantitative estimate of drug-likeness (QED) is 0.843. The average Bonchev–Trinajstić information content (AvgIpc) is 3.23. The molecule has 1 aliphatic heterocycles. The van der Waals surface area contributed by atoms with Gasteiger partial charge in [0.05, 0.1) is 10.9 Å². The highest BCUT2D eigenvalue weighted by molar-refractivity contribution is 7.90. The molecule has 0 saturated carbocycles. The maximum absolute atomic E-state index is 11.6. The summed E-state index contributed by atoms with van der Waals surface area (Å²) in [5.74, 6) is 0.721. The van der Waals surface area contributed by atoms with E-state index < -0.39 is 9.84 Å². The maximum atomic E-state index is 11.6. The number of likely N-dealkylation sites (tertiary alicyclic amines) is 1. The van der Waals surface area contributed by atoms with Crippen LogP contribution in [0.5, 0.6) is 5.75 Å². The molecule has 0 radical (unpaired) electrons. The van der Waals surface area contributed by atoms with Gasteiger partial charge in [-0.05, 0) is 67.7 Å². The number of sulfone groups is 1. The van der Waals surface area contributed by atoms with E-state index in [1.165, 1.54) is 30.2 Å². The zero-order valence-corrected chi connectivity index (χ0v) is 15.2. The van der Waals surface area contributed by atoms with Crippen molar-refractivity contribution in [3.05, 3.63) is 59.7 Å². The van der Waals surface area contributed by atoms with Gasteiger partial charge in [0.2, 0.25) is 0 Å². The highest BCUT2D eigenvalue weighted by Gasteiger charge is 2.38. The van der Waals surface area contributed by atoms with E-state index in [2.05, 4.69) is 29.2 Å². The standard InChI is InChI=1S/C20H23NO3S/c1-25(22,23)17-10-8-16(9-11-17)24-20-18-7-3-2-6-15(18)14-19(20)21-12-4-5-13-21/h2-3,6-11,19-20H,4-5,12-14H2,1H3. The Balaban J connectivity index is 1.61. The third kappa shape index (κ3) is 3.31. The van der Waals surface area contributed by atoms with Gasteiger partial charge in [-0.2, -0.15) is 0 Å². The Hall–Kier alpha value is -1.85. The fourth-order valence-electron chi connectivity index (χ4n) is 3.99. The Labute approximate surface area is 149 Å². The summed E-state index contributed by atoms with van der Waals surface area (Å²) in [5.41, 5.74) is 2.61. The molecule has 1 heterocycles. The van der Waals surface area contributed by atoms with Gasteiger partial charge in [0.25, 0.3) is 0 Å². The zero-order valence-electron chi connectivity index (χ0n) is 14.4. The van der Waals surface area contributed by atoms with Crippen LogP contribution in [-0.2, 0) is 16.3 Å². The lowest BCUT2D eigenvalue weighted by molar-refractivity contribution is 0.0940. The Morgan fingerprint density at radius 2 is 1.68 bits per heavy atom. The minimum absolute atomic E-state index is 0.00150. The summed E-state index contributed by atoms with van der Waals surface area (Å²) >= 11 is 0. The minimum Gasteiger partial charge on any atom is -0.484 e. The van der Waals surface area contributed by atoms with Crippen LogP contribution >= 0.6 is 0 Å². The number of benzene rings is 2. The fourth-order valence-corrected chi connectivity index (χ4v) is 4.62. The first-order valence-corrected chi connectivity index (χ1v) is 10.7. The molecule has 0 N–H and O–H groups in total. The first-order chi connectivity index (χ1) is 12.0. The molecule has 0 spiro atoms. The molecule has 25 heavy (non-hydrogen) atoms. The van der Waals surface area contributed by atoms with E-state index in [4.69, 9.17) is 4.74 Å². The van der Waals surface area contributed by atoms with Crippen LogP contribution in [0.3, 0.4) is 0 Å². The molecule has 1 saturated heterocycles. The molecule has 0 amide bonds. The summed E-state index contributed by atoms with van der Waals surface area (Å²) < 4.78 is 29.6. The van der Waals surface area contributed by atoms with Gasteiger partial charge in [-0.1, -0.05) is 24.3 Å². The second kappa shape index (κ2) is 6.46. The summed E-state index contributed by atoms with van der Waals surface area (Å²) in [4.78, 5) is 2.86. The third-order valence-electron chi connectivity index (χ3n) is 5.26. The van der Waals surface area contributed by atoms with E-state index in [-0.39, 0.29) is 6.10 Å². The number of hydrogen-bond acceptors (Lipinski definition) is 4. The van der Waals surface area contributed by atoms with E-state index >= 15 is 0 Å². The van der Waals surface area contributed by atoms with E-state index in [1.54, 1.807) is 24.3 Å². The largest absolute Gasteiger partial charge is 0.484 e. The van der Waals surface area contributed by atoms with E-state index in [1.807, 2.05) is 0 Å². The molecule has 1 aliphatic carbocycles. The highest BCUT2D eigenvalue weighted by Crippen LogP contribution is 2.39. The zero-order chi connectivity index (χ0) is 17.4. The lowest BCUT2D eigenvalue weighted by Crippen LogP contribution is -2.38. The van der Waals surface area contributed by atoms with Gasteiger partial charge >= 0.3 is 0 Å². The molecule has 2 aromatic carbocycles. The minimum atomic E-state index is -3.18. The molecule has 0 aromatic heterocycles. The Bertz CT molecular complexity index is 855. The molecular formula is C20H23NO3S. The molecule has 4 rings (SSSR count). The van der Waals surface area contributed by atoms with E-state index in [0.29, 0.717) is 10.9 Å². The van der Waals surface area contributed by atoms with Crippen molar-refractivity contribution in [1.82, 2.24) is 4.90 Å². The van der Waals surface area contributed by atoms with Crippen molar-refractivity contribution in [2.75, 3.05) is 19.3 Å². The van der Waals surface area contributed by atoms with Crippen LogP contribution in [0.15, 0.2) is 53.4 Å². The lowest BCUT2D eigenvalue weighted by Gasteiger charge is -2.30. The van der Waals surface area contributed by atoms with Gasteiger partial charge in [-0.3, -0.25) is 4.90 Å². The summed E-state index contributed by atoms with van der Waals surface area (Å²) in [6, 6.07) is 15.6. The number of fused-ring (bicyclic) bond motifs is 1. The van der Waals surface area contributed by atoms with Crippen LogP contribution in [-0.4, -0.2) is 38.7 Å². The third-order valence-corrected chi connectivity index (χ3v) is 6.39. The van der Waals surface area contributed by atoms with Crippen LogP contribution < -0.4 is 4.74 Å². The summed E-state index contributed by atoms with van der Waals surface area (Å²) in [6.07, 6.45) is 4.74. The molecule has 0 bridgehead atoms. The van der Waals surface area contributed by atoms with Gasteiger partial charge < -0.3 is 4.74 Å². The highest BCUT2D eigenvalue weighted by atomic mass is 32.2. The van der Waals surface area contributed by atoms with Crippen molar-refractivity contribution >= 4 is 9.84 Å². The monoisotopic (exact) mass is 357 g/mol. The number of nitrogens with zero attached hydrogens (tertiary/aromatic N) is 1. The first kappa shape index (κ1) is 16.6. The van der Waals surface area contributed by atoms with Crippen molar-refractivity contribution < 1.29 is 13.2 Å². The Morgan fingerprint density at radius 1 is 1.00 bits per heavy atom. The Kier molecular flexibility index (Phi) is 4.29. The molecule has 5 heteroatoms. The number of ether oxygens (including phenoxy) is 1. The van der Waals surface area contributed by atoms with Crippen LogP contribution in [0.2, 0.25) is 0 Å². The second-order valence-electron chi connectivity index (χ2n) is 7.00. The lowest BCUT2D eigenvalue weighted by atomic mass is 10.1. The van der Waals surface area contributed by atoms with Gasteiger partial charge in [0, 0.05) is 6.26 Å². The summed E-state index contributed by atoms with van der Waals surface area (Å²) in [5, 5.41) is 0. The Morgan fingerprint density at radius 3 is 2.36 bits per heavy atom. The van der Waals surface area contributed by atoms with Gasteiger partial charge in [-0.25, -0.2) is 8.42 Å². The molecule has 2 unspecified atom stereocenters. The normalized spacial score (nSPS) is 23.6. The number of hydrogen-bond donors (Lipinski definition) is 0.